The summed E-state index contributed by atoms with van der Waals surface area (Å²) in [5, 5.41) is 17.4. The number of hydrogen-bond acceptors (Lipinski definition) is 5. The number of hydrogen-bond donors (Lipinski definition) is 1. The fourth-order valence-corrected chi connectivity index (χ4v) is 3.96. The minimum atomic E-state index is 1.00. The fraction of sp³-hybridized carbons (Fsp3) is 0.286. The summed E-state index contributed by atoms with van der Waals surface area (Å²) in [7, 11) is 1.98. The SMILES string of the molecule is CNCCCc1nnc(-c2csc3ccccc23)s1. The summed E-state index contributed by atoms with van der Waals surface area (Å²) < 4.78 is 1.31. The van der Waals surface area contributed by atoms with Crippen LogP contribution in [0.25, 0.3) is 20.7 Å². The van der Waals surface area contributed by atoms with Gasteiger partial charge in [-0.25, -0.2) is 0 Å². The average molecular weight is 289 g/mol. The minimum absolute atomic E-state index is 1.00. The van der Waals surface area contributed by atoms with E-state index in [-0.39, 0.29) is 0 Å². The Bertz CT molecular complexity index is 672. The van der Waals surface area contributed by atoms with Crippen LogP contribution in [0.2, 0.25) is 0 Å². The number of benzene rings is 1. The van der Waals surface area contributed by atoms with E-state index in [1.165, 1.54) is 15.6 Å². The third-order valence-corrected chi connectivity index (χ3v) is 4.98. The van der Waals surface area contributed by atoms with Gasteiger partial charge in [-0.3, -0.25) is 0 Å². The molecular weight excluding hydrogens is 274 g/mol. The van der Waals surface area contributed by atoms with Crippen LogP contribution in [0, 0.1) is 0 Å². The molecular formula is C14H15N3S2. The summed E-state index contributed by atoms with van der Waals surface area (Å²) in [5.41, 5.74) is 1.22. The Kier molecular flexibility index (Phi) is 3.87. The molecule has 0 spiro atoms. The van der Waals surface area contributed by atoms with Crippen molar-refractivity contribution in [1.82, 2.24) is 15.5 Å². The molecule has 0 bridgehead atoms. The zero-order valence-electron chi connectivity index (χ0n) is 10.7. The van der Waals surface area contributed by atoms with Crippen LogP contribution in [0.1, 0.15) is 11.4 Å². The second kappa shape index (κ2) is 5.77. The standard InChI is InChI=1S/C14H15N3S2/c1-15-8-4-7-13-16-17-14(19-13)11-9-18-12-6-3-2-5-10(11)12/h2-3,5-6,9,15H,4,7-8H2,1H3. The first kappa shape index (κ1) is 12.7. The smallest absolute Gasteiger partial charge is 0.149 e. The predicted octanol–water partition coefficient (Wildman–Crippen LogP) is 3.57. The maximum Gasteiger partial charge on any atom is 0.149 e. The first-order valence-electron chi connectivity index (χ1n) is 6.32. The molecule has 0 amide bonds. The summed E-state index contributed by atoms with van der Waals surface area (Å²) in [6.45, 7) is 1.02. The Morgan fingerprint density at radius 2 is 2.11 bits per heavy atom. The summed E-state index contributed by atoms with van der Waals surface area (Å²) >= 11 is 3.48. The molecule has 0 saturated carbocycles. The third kappa shape index (κ3) is 2.68. The van der Waals surface area contributed by atoms with E-state index >= 15 is 0 Å². The van der Waals surface area contributed by atoms with Crippen molar-refractivity contribution in [2.45, 2.75) is 12.8 Å². The van der Waals surface area contributed by atoms with Crippen molar-refractivity contribution in [1.29, 1.82) is 0 Å². The maximum absolute atomic E-state index is 4.34. The highest BCUT2D eigenvalue weighted by Crippen LogP contribution is 2.35. The van der Waals surface area contributed by atoms with Gasteiger partial charge in [-0.05, 0) is 26.1 Å². The highest BCUT2D eigenvalue weighted by atomic mass is 32.1. The normalized spacial score (nSPS) is 11.2. The molecule has 0 aliphatic rings. The Morgan fingerprint density at radius 1 is 1.21 bits per heavy atom. The zero-order chi connectivity index (χ0) is 13.1. The molecule has 0 aliphatic carbocycles. The molecule has 1 N–H and O–H groups in total. The summed E-state index contributed by atoms with van der Waals surface area (Å²) in [6, 6.07) is 8.46. The van der Waals surface area contributed by atoms with Crippen LogP contribution in [0.3, 0.4) is 0 Å². The molecule has 98 valence electrons. The molecule has 2 aromatic heterocycles. The molecule has 5 heteroatoms. The highest BCUT2D eigenvalue weighted by molar-refractivity contribution is 7.19. The van der Waals surface area contributed by atoms with Gasteiger partial charge in [0.05, 0.1) is 0 Å². The summed E-state index contributed by atoms with van der Waals surface area (Å²) in [6.07, 6.45) is 2.11. The Balaban J connectivity index is 1.86. The van der Waals surface area contributed by atoms with Crippen LogP contribution in [0.4, 0.5) is 0 Å². The van der Waals surface area contributed by atoms with Crippen molar-refractivity contribution in [3.05, 3.63) is 34.7 Å². The van der Waals surface area contributed by atoms with Crippen molar-refractivity contribution in [2.24, 2.45) is 0 Å². The fourth-order valence-electron chi connectivity index (χ4n) is 2.02. The number of fused-ring (bicyclic) bond motifs is 1. The molecule has 1 aromatic carbocycles. The molecule has 3 aromatic rings. The topological polar surface area (TPSA) is 37.8 Å². The average Bonchev–Trinajstić information content (AvgIpc) is 3.05. The third-order valence-electron chi connectivity index (χ3n) is 3.00. The second-order valence-electron chi connectivity index (χ2n) is 4.35. The van der Waals surface area contributed by atoms with Crippen molar-refractivity contribution in [2.75, 3.05) is 13.6 Å². The van der Waals surface area contributed by atoms with Crippen LogP contribution >= 0.6 is 22.7 Å². The van der Waals surface area contributed by atoms with Gasteiger partial charge in [0.25, 0.3) is 0 Å². The molecule has 2 heterocycles. The molecule has 0 fully saturated rings. The zero-order valence-corrected chi connectivity index (χ0v) is 12.4. The van der Waals surface area contributed by atoms with E-state index in [1.807, 2.05) is 7.05 Å². The lowest BCUT2D eigenvalue weighted by molar-refractivity contribution is 0.718. The predicted molar refractivity (Wildman–Crippen MR) is 83.0 cm³/mol. The number of aromatic nitrogens is 2. The molecule has 3 rings (SSSR count). The lowest BCUT2D eigenvalue weighted by Gasteiger charge is -1.94. The quantitative estimate of drug-likeness (QED) is 0.730. The molecule has 19 heavy (non-hydrogen) atoms. The van der Waals surface area contributed by atoms with Gasteiger partial charge in [-0.1, -0.05) is 29.5 Å². The van der Waals surface area contributed by atoms with Crippen molar-refractivity contribution >= 4 is 32.8 Å². The number of thiophene rings is 1. The van der Waals surface area contributed by atoms with Crippen molar-refractivity contribution < 1.29 is 0 Å². The number of nitrogens with zero attached hydrogens (tertiary/aromatic N) is 2. The Hall–Kier alpha value is -1.30. The van der Waals surface area contributed by atoms with Gasteiger partial charge in [0.15, 0.2) is 0 Å². The van der Waals surface area contributed by atoms with Crippen LogP contribution in [-0.4, -0.2) is 23.8 Å². The van der Waals surface area contributed by atoms with E-state index in [0.717, 1.165) is 29.4 Å². The van der Waals surface area contributed by atoms with Crippen LogP contribution in [0.15, 0.2) is 29.6 Å². The van der Waals surface area contributed by atoms with Crippen LogP contribution in [-0.2, 0) is 6.42 Å². The number of rotatable bonds is 5. The van der Waals surface area contributed by atoms with E-state index in [1.54, 1.807) is 22.7 Å². The van der Waals surface area contributed by atoms with Gasteiger partial charge < -0.3 is 5.32 Å². The minimum Gasteiger partial charge on any atom is -0.320 e. The summed E-state index contributed by atoms with van der Waals surface area (Å²) in [5.74, 6) is 0. The van der Waals surface area contributed by atoms with E-state index < -0.39 is 0 Å². The molecule has 0 aliphatic heterocycles. The summed E-state index contributed by atoms with van der Waals surface area (Å²) in [4.78, 5) is 0. The van der Waals surface area contributed by atoms with Crippen LogP contribution in [0.5, 0.6) is 0 Å². The van der Waals surface area contributed by atoms with Gasteiger partial charge in [0.2, 0.25) is 0 Å². The first-order chi connectivity index (χ1) is 9.38. The number of aryl methyl sites for hydroxylation is 1. The van der Waals surface area contributed by atoms with Gasteiger partial charge in [-0.15, -0.1) is 21.5 Å². The lowest BCUT2D eigenvalue weighted by Crippen LogP contribution is -2.08. The first-order valence-corrected chi connectivity index (χ1v) is 8.01. The van der Waals surface area contributed by atoms with E-state index in [2.05, 4.69) is 45.2 Å². The highest BCUT2D eigenvalue weighted by Gasteiger charge is 2.11. The van der Waals surface area contributed by atoms with Gasteiger partial charge in [-0.2, -0.15) is 0 Å². The maximum atomic E-state index is 4.34. The monoisotopic (exact) mass is 289 g/mol. The van der Waals surface area contributed by atoms with Crippen molar-refractivity contribution in [3.63, 3.8) is 0 Å². The van der Waals surface area contributed by atoms with E-state index in [4.69, 9.17) is 0 Å². The van der Waals surface area contributed by atoms with Gasteiger partial charge >= 0.3 is 0 Å². The lowest BCUT2D eigenvalue weighted by atomic mass is 10.2. The Morgan fingerprint density at radius 3 is 3.00 bits per heavy atom. The molecule has 0 saturated heterocycles. The van der Waals surface area contributed by atoms with Gasteiger partial charge in [0, 0.05) is 27.5 Å². The Labute approximate surface area is 120 Å². The van der Waals surface area contributed by atoms with Crippen LogP contribution < -0.4 is 5.32 Å². The van der Waals surface area contributed by atoms with Gasteiger partial charge in [0.1, 0.15) is 10.0 Å². The van der Waals surface area contributed by atoms with E-state index in [9.17, 15) is 0 Å². The second-order valence-corrected chi connectivity index (χ2v) is 6.33. The molecule has 0 radical (unpaired) electrons. The molecule has 3 nitrogen and oxygen atoms in total. The van der Waals surface area contributed by atoms with Crippen molar-refractivity contribution in [3.8, 4) is 10.6 Å². The van der Waals surface area contributed by atoms with E-state index in [0.29, 0.717) is 0 Å². The molecule has 0 unspecified atom stereocenters. The number of nitrogens with one attached hydrogen (secondary N) is 1. The molecule has 0 atom stereocenters. The largest absolute Gasteiger partial charge is 0.320 e.